The number of hydrogen-bond donors (Lipinski definition) is 0. The number of furan rings is 4. The monoisotopic (exact) mass is 744 g/mol. The average molecular weight is 745 g/mol. The molecule has 8 aromatic carbocycles. The Morgan fingerprint density at radius 1 is 0.293 bits per heavy atom. The van der Waals surface area contributed by atoms with Crippen LogP contribution in [-0.4, -0.2) is 9.97 Å². The van der Waals surface area contributed by atoms with Crippen LogP contribution in [0.1, 0.15) is 0 Å². The molecule has 0 saturated carbocycles. The van der Waals surface area contributed by atoms with Gasteiger partial charge in [-0.05, 0) is 82.9 Å². The molecule has 58 heavy (non-hydrogen) atoms. The van der Waals surface area contributed by atoms with Gasteiger partial charge in [-0.2, -0.15) is 0 Å². The minimum atomic E-state index is 0.533. The predicted octanol–water partition coefficient (Wildman–Crippen LogP) is 14.7. The molecule has 0 saturated heterocycles. The molecule has 0 N–H and O–H groups in total. The summed E-state index contributed by atoms with van der Waals surface area (Å²) in [5.41, 5.74) is 13.5. The van der Waals surface area contributed by atoms with Gasteiger partial charge >= 0.3 is 0 Å². The molecule has 0 bridgehead atoms. The van der Waals surface area contributed by atoms with E-state index in [1.165, 1.54) is 0 Å². The summed E-state index contributed by atoms with van der Waals surface area (Å²) in [6, 6.07) is 58.1. The van der Waals surface area contributed by atoms with Crippen molar-refractivity contribution in [1.29, 1.82) is 0 Å². The van der Waals surface area contributed by atoms with Crippen LogP contribution in [-0.2, 0) is 0 Å². The van der Waals surface area contributed by atoms with E-state index in [0.717, 1.165) is 116 Å². The maximum atomic E-state index is 6.72. The highest BCUT2D eigenvalue weighted by atomic mass is 16.3. The SMILES string of the molecule is c1ccc(-c2ccc3oc4c(-c5cccc6c5oc5ccccc56)nc(-c5cccc6c5oc5ccc(-c7ccc8oc9ccccc9c8c7)cc56)nc4c3c2)cc1. The van der Waals surface area contributed by atoms with Gasteiger partial charge in [0.1, 0.15) is 50.3 Å². The molecule has 0 unspecified atom stereocenters. The normalized spacial score (nSPS) is 12.1. The van der Waals surface area contributed by atoms with Crippen LogP contribution < -0.4 is 0 Å². The molecule has 13 aromatic rings. The molecule has 0 radical (unpaired) electrons. The third-order valence-corrected chi connectivity index (χ3v) is 11.5. The van der Waals surface area contributed by atoms with Crippen molar-refractivity contribution in [2.45, 2.75) is 0 Å². The van der Waals surface area contributed by atoms with E-state index in [-0.39, 0.29) is 0 Å². The van der Waals surface area contributed by atoms with Crippen LogP contribution in [0.25, 0.3) is 133 Å². The minimum absolute atomic E-state index is 0.533. The fourth-order valence-electron chi connectivity index (χ4n) is 8.75. The molecule has 0 aliphatic heterocycles. The summed E-state index contributed by atoms with van der Waals surface area (Å²) < 4.78 is 26.1. The van der Waals surface area contributed by atoms with Crippen molar-refractivity contribution < 1.29 is 17.7 Å². The van der Waals surface area contributed by atoms with E-state index in [0.29, 0.717) is 17.1 Å². The Balaban J connectivity index is 1.04. The highest BCUT2D eigenvalue weighted by Gasteiger charge is 2.24. The maximum Gasteiger partial charge on any atom is 0.180 e. The molecule has 0 amide bonds. The first-order valence-corrected chi connectivity index (χ1v) is 19.3. The third-order valence-electron chi connectivity index (χ3n) is 11.5. The molecule has 270 valence electrons. The second-order valence-corrected chi connectivity index (χ2v) is 14.8. The lowest BCUT2D eigenvalue weighted by Crippen LogP contribution is -1.94. The van der Waals surface area contributed by atoms with Crippen molar-refractivity contribution in [1.82, 2.24) is 9.97 Å². The lowest BCUT2D eigenvalue weighted by atomic mass is 10.00. The lowest BCUT2D eigenvalue weighted by Gasteiger charge is -2.07. The number of para-hydroxylation sites is 4. The summed E-state index contributed by atoms with van der Waals surface area (Å²) in [5.74, 6) is 0.533. The highest BCUT2D eigenvalue weighted by molar-refractivity contribution is 6.15. The molecule has 0 aliphatic carbocycles. The molecular formula is C52H28N2O4. The van der Waals surface area contributed by atoms with E-state index in [9.17, 15) is 0 Å². The molecule has 0 fully saturated rings. The second kappa shape index (κ2) is 11.8. The third kappa shape index (κ3) is 4.54. The van der Waals surface area contributed by atoms with Gasteiger partial charge in [-0.25, -0.2) is 9.97 Å². The standard InChI is InChI=1S/C52H28N2O4/c1-2-10-29(11-3-1)30-20-25-46-41(28-30)48-51(58-46)47(37-16-8-14-35-33-12-4-7-19-43(33)56-49(35)37)53-52(54-48)38-17-9-15-36-40-27-32(22-24-45(40)57-50(36)38)31-21-23-44-39(26-31)34-13-5-6-18-42(34)55-44/h1-28H. The van der Waals surface area contributed by atoms with Gasteiger partial charge in [0, 0.05) is 43.3 Å². The van der Waals surface area contributed by atoms with E-state index >= 15 is 0 Å². The molecule has 0 spiro atoms. The van der Waals surface area contributed by atoms with Gasteiger partial charge in [-0.15, -0.1) is 0 Å². The van der Waals surface area contributed by atoms with Crippen LogP contribution in [0.3, 0.4) is 0 Å². The van der Waals surface area contributed by atoms with Crippen LogP contribution in [0.4, 0.5) is 0 Å². The number of nitrogens with zero attached hydrogens (tertiary/aromatic N) is 2. The Kier molecular flexibility index (Phi) is 6.35. The summed E-state index contributed by atoms with van der Waals surface area (Å²) in [6.07, 6.45) is 0. The Morgan fingerprint density at radius 2 is 0.776 bits per heavy atom. The van der Waals surface area contributed by atoms with E-state index < -0.39 is 0 Å². The fraction of sp³-hybridized carbons (Fsp3) is 0. The lowest BCUT2D eigenvalue weighted by molar-refractivity contribution is 0.662. The van der Waals surface area contributed by atoms with E-state index in [1.54, 1.807) is 0 Å². The molecule has 5 heterocycles. The molecule has 13 rings (SSSR count). The van der Waals surface area contributed by atoms with Crippen molar-refractivity contribution >= 4 is 87.9 Å². The van der Waals surface area contributed by atoms with Gasteiger partial charge in [0.2, 0.25) is 0 Å². The number of benzene rings is 8. The van der Waals surface area contributed by atoms with Gasteiger partial charge in [-0.1, -0.05) is 109 Å². The second-order valence-electron chi connectivity index (χ2n) is 14.8. The van der Waals surface area contributed by atoms with E-state index in [2.05, 4.69) is 103 Å². The van der Waals surface area contributed by atoms with Gasteiger partial charge < -0.3 is 17.7 Å². The van der Waals surface area contributed by atoms with Crippen LogP contribution in [0.15, 0.2) is 188 Å². The quantitative estimate of drug-likeness (QED) is 0.179. The predicted molar refractivity (Wildman–Crippen MR) is 233 cm³/mol. The maximum absolute atomic E-state index is 6.72. The van der Waals surface area contributed by atoms with E-state index in [4.69, 9.17) is 27.6 Å². The largest absolute Gasteiger partial charge is 0.456 e. The Morgan fingerprint density at radius 3 is 1.52 bits per heavy atom. The van der Waals surface area contributed by atoms with Crippen molar-refractivity contribution in [3.63, 3.8) is 0 Å². The van der Waals surface area contributed by atoms with Crippen molar-refractivity contribution in [2.75, 3.05) is 0 Å². The summed E-state index contributed by atoms with van der Waals surface area (Å²) in [7, 11) is 0. The van der Waals surface area contributed by atoms with Gasteiger partial charge in [0.25, 0.3) is 0 Å². The fourth-order valence-corrected chi connectivity index (χ4v) is 8.75. The molecule has 5 aromatic heterocycles. The van der Waals surface area contributed by atoms with Crippen LogP contribution >= 0.6 is 0 Å². The number of hydrogen-bond acceptors (Lipinski definition) is 6. The summed E-state index contributed by atoms with van der Waals surface area (Å²) in [4.78, 5) is 10.6. The van der Waals surface area contributed by atoms with Gasteiger partial charge in [0.15, 0.2) is 11.4 Å². The number of rotatable bonds is 4. The summed E-state index contributed by atoms with van der Waals surface area (Å²) in [6.45, 7) is 0. The molecule has 6 nitrogen and oxygen atoms in total. The van der Waals surface area contributed by atoms with Crippen molar-refractivity contribution in [3.05, 3.63) is 170 Å². The van der Waals surface area contributed by atoms with Crippen LogP contribution in [0.5, 0.6) is 0 Å². The molecular weight excluding hydrogens is 717 g/mol. The average Bonchev–Trinajstić information content (AvgIpc) is 4.05. The topological polar surface area (TPSA) is 78.3 Å². The van der Waals surface area contributed by atoms with Crippen LogP contribution in [0.2, 0.25) is 0 Å². The molecule has 6 heteroatoms. The smallest absolute Gasteiger partial charge is 0.180 e. The van der Waals surface area contributed by atoms with Crippen molar-refractivity contribution in [2.24, 2.45) is 0 Å². The number of aromatic nitrogens is 2. The first kappa shape index (κ1) is 31.3. The zero-order chi connectivity index (χ0) is 37.9. The van der Waals surface area contributed by atoms with Gasteiger partial charge in [-0.3, -0.25) is 0 Å². The summed E-state index contributed by atoms with van der Waals surface area (Å²) in [5, 5.41) is 7.16. The first-order valence-electron chi connectivity index (χ1n) is 19.3. The first-order chi connectivity index (χ1) is 28.7. The summed E-state index contributed by atoms with van der Waals surface area (Å²) >= 11 is 0. The minimum Gasteiger partial charge on any atom is -0.456 e. The van der Waals surface area contributed by atoms with Crippen molar-refractivity contribution in [3.8, 4) is 44.9 Å². The zero-order valence-corrected chi connectivity index (χ0v) is 30.7. The van der Waals surface area contributed by atoms with Crippen LogP contribution in [0, 0.1) is 0 Å². The number of fused-ring (bicyclic) bond motifs is 12. The zero-order valence-electron chi connectivity index (χ0n) is 30.7. The van der Waals surface area contributed by atoms with E-state index in [1.807, 2.05) is 66.7 Å². The Hall–Kier alpha value is -7.96. The molecule has 0 atom stereocenters. The Bertz CT molecular complexity index is 3810. The molecule has 0 aliphatic rings. The Labute approximate surface area is 329 Å². The van der Waals surface area contributed by atoms with Gasteiger partial charge in [0.05, 0.1) is 5.56 Å². The highest BCUT2D eigenvalue weighted by Crippen LogP contribution is 2.43.